The second-order valence-corrected chi connectivity index (χ2v) is 8.95. The van der Waals surface area contributed by atoms with E-state index in [2.05, 4.69) is 9.97 Å². The third-order valence-corrected chi connectivity index (χ3v) is 6.82. The molecule has 0 fully saturated rings. The average molecular weight is 410 g/mol. The van der Waals surface area contributed by atoms with Crippen molar-refractivity contribution in [1.29, 1.82) is 0 Å². The van der Waals surface area contributed by atoms with Gasteiger partial charge in [-0.3, -0.25) is 0 Å². The molecule has 5 heteroatoms. The van der Waals surface area contributed by atoms with E-state index in [0.717, 1.165) is 27.4 Å². The normalized spacial score (nSPS) is 12.5. The SMILES string of the molecule is O=S(=O)(C(=Cc1ccc2ccccc2c1)c1nc2ccccc2[nH]1)c1ccccc1. The van der Waals surface area contributed by atoms with Gasteiger partial charge in [0, 0.05) is 0 Å². The van der Waals surface area contributed by atoms with Gasteiger partial charge in [0.05, 0.1) is 15.9 Å². The Hall–Kier alpha value is -3.70. The maximum Gasteiger partial charge on any atom is 0.210 e. The van der Waals surface area contributed by atoms with E-state index < -0.39 is 9.84 Å². The second-order valence-electron chi connectivity index (χ2n) is 7.03. The van der Waals surface area contributed by atoms with Crippen LogP contribution in [0.15, 0.2) is 102 Å². The van der Waals surface area contributed by atoms with Gasteiger partial charge < -0.3 is 4.98 Å². The Labute approximate surface area is 174 Å². The van der Waals surface area contributed by atoms with Crippen molar-refractivity contribution in [3.63, 3.8) is 0 Å². The summed E-state index contributed by atoms with van der Waals surface area (Å²) in [6.45, 7) is 0. The Kier molecular flexibility index (Phi) is 4.45. The molecule has 1 aromatic heterocycles. The van der Waals surface area contributed by atoms with Crippen LogP contribution in [0.2, 0.25) is 0 Å². The molecule has 0 amide bonds. The van der Waals surface area contributed by atoms with Crippen LogP contribution in [0.5, 0.6) is 0 Å². The molecule has 4 aromatic carbocycles. The van der Waals surface area contributed by atoms with Crippen LogP contribution >= 0.6 is 0 Å². The number of rotatable bonds is 4. The predicted molar refractivity (Wildman–Crippen MR) is 122 cm³/mol. The molecule has 0 saturated heterocycles. The number of sulfone groups is 1. The summed E-state index contributed by atoms with van der Waals surface area (Å²) < 4.78 is 27.1. The minimum atomic E-state index is -3.79. The molecule has 0 aliphatic carbocycles. The number of nitrogens with one attached hydrogen (secondary N) is 1. The number of nitrogens with zero attached hydrogens (tertiary/aromatic N) is 1. The summed E-state index contributed by atoms with van der Waals surface area (Å²) in [5, 5.41) is 2.15. The Morgan fingerprint density at radius 3 is 2.27 bits per heavy atom. The Balaban J connectivity index is 1.74. The molecule has 30 heavy (non-hydrogen) atoms. The fraction of sp³-hybridized carbons (Fsp3) is 0. The number of para-hydroxylation sites is 2. The molecule has 0 bridgehead atoms. The first-order chi connectivity index (χ1) is 14.6. The van der Waals surface area contributed by atoms with E-state index in [1.165, 1.54) is 0 Å². The number of hydrogen-bond donors (Lipinski definition) is 1. The summed E-state index contributed by atoms with van der Waals surface area (Å²) in [6.07, 6.45) is 1.69. The van der Waals surface area contributed by atoms with Crippen molar-refractivity contribution in [2.45, 2.75) is 4.90 Å². The van der Waals surface area contributed by atoms with Crippen LogP contribution in [0.4, 0.5) is 0 Å². The third kappa shape index (κ3) is 3.29. The first-order valence-corrected chi connectivity index (χ1v) is 11.1. The largest absolute Gasteiger partial charge is 0.337 e. The molecule has 0 saturated carbocycles. The second kappa shape index (κ2) is 7.28. The fourth-order valence-electron chi connectivity index (χ4n) is 3.52. The molecule has 0 unspecified atom stereocenters. The molecule has 0 aliphatic heterocycles. The van der Waals surface area contributed by atoms with E-state index in [4.69, 9.17) is 0 Å². The zero-order valence-electron chi connectivity index (χ0n) is 16.0. The molecule has 4 nitrogen and oxygen atoms in total. The van der Waals surface area contributed by atoms with Crippen molar-refractivity contribution >= 4 is 42.6 Å². The third-order valence-electron chi connectivity index (χ3n) is 5.04. The molecule has 0 aliphatic rings. The molecule has 0 atom stereocenters. The van der Waals surface area contributed by atoms with Gasteiger partial charge in [0.15, 0.2) is 0 Å². The predicted octanol–water partition coefficient (Wildman–Crippen LogP) is 5.69. The summed E-state index contributed by atoms with van der Waals surface area (Å²) in [4.78, 5) is 8.10. The lowest BCUT2D eigenvalue weighted by Gasteiger charge is -2.08. The van der Waals surface area contributed by atoms with Gasteiger partial charge in [-0.15, -0.1) is 0 Å². The van der Waals surface area contributed by atoms with Crippen LogP contribution in [0.25, 0.3) is 32.8 Å². The van der Waals surface area contributed by atoms with E-state index in [-0.39, 0.29) is 9.80 Å². The molecular formula is C25H18N2O2S. The Morgan fingerprint density at radius 2 is 1.47 bits per heavy atom. The van der Waals surface area contributed by atoms with Gasteiger partial charge in [-0.2, -0.15) is 0 Å². The van der Waals surface area contributed by atoms with E-state index in [1.807, 2.05) is 66.7 Å². The smallest absolute Gasteiger partial charge is 0.210 e. The van der Waals surface area contributed by atoms with Crippen molar-refractivity contribution in [3.8, 4) is 0 Å². The number of H-pyrrole nitrogens is 1. The van der Waals surface area contributed by atoms with Crippen LogP contribution in [-0.4, -0.2) is 18.4 Å². The molecule has 1 N–H and O–H groups in total. The number of aromatic nitrogens is 2. The van der Waals surface area contributed by atoms with E-state index in [9.17, 15) is 8.42 Å². The monoisotopic (exact) mass is 410 g/mol. The van der Waals surface area contributed by atoms with Crippen molar-refractivity contribution in [2.24, 2.45) is 0 Å². The molecule has 5 rings (SSSR count). The topological polar surface area (TPSA) is 62.8 Å². The van der Waals surface area contributed by atoms with Gasteiger partial charge in [-0.05, 0) is 52.7 Å². The van der Waals surface area contributed by atoms with Crippen molar-refractivity contribution in [3.05, 3.63) is 108 Å². The highest BCUT2D eigenvalue weighted by Crippen LogP contribution is 2.30. The van der Waals surface area contributed by atoms with Gasteiger partial charge in [-0.1, -0.05) is 66.7 Å². The van der Waals surface area contributed by atoms with Crippen LogP contribution < -0.4 is 0 Å². The molecule has 0 spiro atoms. The highest BCUT2D eigenvalue weighted by molar-refractivity contribution is 8.00. The van der Waals surface area contributed by atoms with E-state index in [0.29, 0.717) is 5.82 Å². The van der Waals surface area contributed by atoms with Crippen LogP contribution in [0.3, 0.4) is 0 Å². The Morgan fingerprint density at radius 1 is 0.767 bits per heavy atom. The number of fused-ring (bicyclic) bond motifs is 2. The summed E-state index contributed by atoms with van der Waals surface area (Å²) >= 11 is 0. The lowest BCUT2D eigenvalue weighted by Crippen LogP contribution is -2.05. The number of imidazole rings is 1. The number of benzene rings is 4. The highest BCUT2D eigenvalue weighted by atomic mass is 32.2. The molecule has 5 aromatic rings. The summed E-state index contributed by atoms with van der Waals surface area (Å²) in [5.41, 5.74) is 2.31. The maximum absolute atomic E-state index is 13.5. The minimum Gasteiger partial charge on any atom is -0.337 e. The summed E-state index contributed by atoms with van der Waals surface area (Å²) in [5.74, 6) is 0.327. The van der Waals surface area contributed by atoms with Gasteiger partial charge >= 0.3 is 0 Å². The van der Waals surface area contributed by atoms with Crippen molar-refractivity contribution in [2.75, 3.05) is 0 Å². The minimum absolute atomic E-state index is 0.139. The first kappa shape index (κ1) is 18.3. The number of aromatic amines is 1. The number of hydrogen-bond acceptors (Lipinski definition) is 3. The molecular weight excluding hydrogens is 392 g/mol. The fourth-order valence-corrected chi connectivity index (χ4v) is 4.93. The zero-order valence-corrected chi connectivity index (χ0v) is 16.8. The average Bonchev–Trinajstić information content (AvgIpc) is 3.21. The van der Waals surface area contributed by atoms with Gasteiger partial charge in [-0.25, -0.2) is 13.4 Å². The summed E-state index contributed by atoms with van der Waals surface area (Å²) in [7, 11) is -3.79. The zero-order chi connectivity index (χ0) is 20.6. The lowest BCUT2D eigenvalue weighted by atomic mass is 10.1. The van der Waals surface area contributed by atoms with Crippen molar-refractivity contribution in [1.82, 2.24) is 9.97 Å². The quantitative estimate of drug-likeness (QED) is 0.414. The van der Waals surface area contributed by atoms with Crippen molar-refractivity contribution < 1.29 is 8.42 Å². The van der Waals surface area contributed by atoms with Crippen LogP contribution in [-0.2, 0) is 9.84 Å². The molecule has 146 valence electrons. The highest BCUT2D eigenvalue weighted by Gasteiger charge is 2.25. The van der Waals surface area contributed by atoms with Crippen LogP contribution in [0.1, 0.15) is 11.4 Å². The van der Waals surface area contributed by atoms with Gasteiger partial charge in [0.1, 0.15) is 10.7 Å². The maximum atomic E-state index is 13.5. The van der Waals surface area contributed by atoms with Crippen LogP contribution in [0, 0.1) is 0 Å². The lowest BCUT2D eigenvalue weighted by molar-refractivity contribution is 0.606. The van der Waals surface area contributed by atoms with Gasteiger partial charge in [0.2, 0.25) is 9.84 Å². The Bertz CT molecular complexity index is 1470. The summed E-state index contributed by atoms with van der Waals surface area (Å²) in [6, 6.07) is 29.9. The van der Waals surface area contributed by atoms with Gasteiger partial charge in [0.25, 0.3) is 0 Å². The van der Waals surface area contributed by atoms with E-state index >= 15 is 0 Å². The molecule has 1 heterocycles. The van der Waals surface area contributed by atoms with E-state index in [1.54, 1.807) is 36.4 Å². The first-order valence-electron chi connectivity index (χ1n) is 9.57. The standard InChI is InChI=1S/C25H18N2O2S/c28-30(29,21-10-2-1-3-11-21)24(25-26-22-12-6-7-13-23(22)27-25)17-18-14-15-19-8-4-5-9-20(19)16-18/h1-17H,(H,26,27). The molecule has 0 radical (unpaired) electrons.